The lowest BCUT2D eigenvalue weighted by Crippen LogP contribution is -2.38. The third-order valence-corrected chi connectivity index (χ3v) is 5.48. The van der Waals surface area contributed by atoms with Crippen LogP contribution in [0, 0.1) is 0 Å². The number of nitrogens with zero attached hydrogens (tertiary/aromatic N) is 3. The van der Waals surface area contributed by atoms with E-state index < -0.39 is 23.2 Å². The number of nitrogens with one attached hydrogen (secondary N) is 1. The number of carbonyl (C=O) groups excluding carboxylic acids is 1. The lowest BCUT2D eigenvalue weighted by Gasteiger charge is -2.21. The molecule has 0 bridgehead atoms. The van der Waals surface area contributed by atoms with Gasteiger partial charge in [-0.3, -0.25) is 9.78 Å². The summed E-state index contributed by atoms with van der Waals surface area (Å²) in [6.07, 6.45) is 0.523. The Morgan fingerprint density at radius 3 is 2.66 bits per heavy atom. The van der Waals surface area contributed by atoms with Crippen LogP contribution in [0.15, 0.2) is 41.7 Å². The molecule has 3 rings (SSSR count). The molecule has 0 fully saturated rings. The zero-order valence-electron chi connectivity index (χ0n) is 18.3. The smallest absolute Gasteiger partial charge is 0.407 e. The number of carbonyl (C=O) groups is 1. The van der Waals surface area contributed by atoms with Crippen molar-refractivity contribution >= 4 is 27.5 Å². The van der Waals surface area contributed by atoms with Crippen LogP contribution in [0.5, 0.6) is 5.75 Å². The van der Waals surface area contributed by atoms with Gasteiger partial charge in [0.2, 0.25) is 0 Å². The van der Waals surface area contributed by atoms with Crippen molar-refractivity contribution in [3.63, 3.8) is 0 Å². The van der Waals surface area contributed by atoms with E-state index >= 15 is 0 Å². The molecule has 0 saturated heterocycles. The molecule has 0 aliphatic carbocycles. The van der Waals surface area contributed by atoms with Crippen molar-refractivity contribution in [2.75, 3.05) is 0 Å². The summed E-state index contributed by atoms with van der Waals surface area (Å²) in [4.78, 5) is 27.3. The van der Waals surface area contributed by atoms with Crippen LogP contribution in [0.25, 0.3) is 10.2 Å². The monoisotopic (exact) mass is 466 g/mol. The van der Waals surface area contributed by atoms with Crippen LogP contribution < -0.4 is 15.1 Å². The molecular formula is C22H25F3N4O2S. The van der Waals surface area contributed by atoms with Crippen molar-refractivity contribution < 1.29 is 22.8 Å². The zero-order chi connectivity index (χ0) is 23.5. The number of aromatic nitrogens is 2. The Morgan fingerprint density at radius 1 is 1.25 bits per heavy atom. The van der Waals surface area contributed by atoms with Gasteiger partial charge in [0.05, 0.1) is 27.5 Å². The van der Waals surface area contributed by atoms with Gasteiger partial charge in [0, 0.05) is 18.3 Å². The van der Waals surface area contributed by atoms with Crippen molar-refractivity contribution in [1.82, 2.24) is 15.0 Å². The number of hydrogen-bond donors (Lipinski definition) is 1. The number of hydrogen-bond acceptors (Lipinski definition) is 5. The lowest BCUT2D eigenvalue weighted by atomic mass is 10.1. The molecule has 1 N–H and O–H groups in total. The quantitative estimate of drug-likeness (QED) is 0.498. The lowest BCUT2D eigenvalue weighted by molar-refractivity contribution is -0.137. The van der Waals surface area contributed by atoms with Gasteiger partial charge < -0.3 is 9.40 Å². The van der Waals surface area contributed by atoms with Gasteiger partial charge in [-0.1, -0.05) is 24.7 Å². The molecule has 1 amide bonds. The maximum absolute atomic E-state index is 13.3. The number of aryl methyl sites for hydroxylation is 1. The first kappa shape index (κ1) is 23.9. The van der Waals surface area contributed by atoms with Crippen LogP contribution in [-0.4, -0.2) is 21.0 Å². The van der Waals surface area contributed by atoms with Gasteiger partial charge in [-0.05, 0) is 51.5 Å². The molecule has 3 aromatic rings. The molecular weight excluding hydrogens is 441 g/mol. The molecule has 1 aromatic carbocycles. The van der Waals surface area contributed by atoms with Gasteiger partial charge in [-0.25, -0.2) is 0 Å². The Labute approximate surface area is 187 Å². The zero-order valence-corrected chi connectivity index (χ0v) is 19.1. The van der Waals surface area contributed by atoms with E-state index in [1.807, 2.05) is 38.3 Å². The van der Waals surface area contributed by atoms with E-state index in [1.165, 1.54) is 11.3 Å². The van der Waals surface area contributed by atoms with Gasteiger partial charge in [0.25, 0.3) is 5.91 Å². The van der Waals surface area contributed by atoms with Crippen molar-refractivity contribution in [3.8, 4) is 5.75 Å². The van der Waals surface area contributed by atoms with Crippen LogP contribution in [0.2, 0.25) is 0 Å². The number of thiazole rings is 1. The highest BCUT2D eigenvalue weighted by Gasteiger charge is 2.32. The molecule has 0 saturated carbocycles. The van der Waals surface area contributed by atoms with E-state index in [2.05, 4.69) is 15.5 Å². The summed E-state index contributed by atoms with van der Waals surface area (Å²) in [5.74, 6) is -0.837. The van der Waals surface area contributed by atoms with Crippen molar-refractivity contribution in [2.24, 2.45) is 4.99 Å². The van der Waals surface area contributed by atoms with Crippen LogP contribution in [-0.2, 0) is 12.7 Å². The second-order valence-electron chi connectivity index (χ2n) is 8.31. The van der Waals surface area contributed by atoms with Crippen LogP contribution >= 0.6 is 11.3 Å². The molecule has 0 spiro atoms. The molecule has 0 unspecified atom stereocenters. The Hall–Kier alpha value is -2.72. The van der Waals surface area contributed by atoms with Gasteiger partial charge >= 0.3 is 6.18 Å². The Morgan fingerprint density at radius 2 is 2.00 bits per heavy atom. The number of fused-ring (bicyclic) bond motifs is 1. The summed E-state index contributed by atoms with van der Waals surface area (Å²) in [5, 5.41) is 0. The fourth-order valence-electron chi connectivity index (χ4n) is 2.85. The number of alkyl halides is 3. The van der Waals surface area contributed by atoms with Crippen molar-refractivity contribution in [2.45, 2.75) is 58.8 Å². The summed E-state index contributed by atoms with van der Waals surface area (Å²) in [6.45, 7) is 8.14. The SMILES string of the molecule is CCCCn1c(=NC(=O)c2cc(C(F)(F)F)ccc2ONC(C)(C)C)sc2ccncc21. The minimum Gasteiger partial charge on any atom is -0.407 e. The number of benzene rings is 1. The first-order valence-corrected chi connectivity index (χ1v) is 11.0. The number of hydroxylamine groups is 1. The average molecular weight is 467 g/mol. The third-order valence-electron chi connectivity index (χ3n) is 4.42. The van der Waals surface area contributed by atoms with Crippen LogP contribution in [0.1, 0.15) is 56.5 Å². The van der Waals surface area contributed by atoms with E-state index in [9.17, 15) is 18.0 Å². The molecule has 10 heteroatoms. The third kappa shape index (κ3) is 5.74. The highest BCUT2D eigenvalue weighted by Crippen LogP contribution is 2.33. The summed E-state index contributed by atoms with van der Waals surface area (Å²) in [7, 11) is 0. The molecule has 32 heavy (non-hydrogen) atoms. The number of rotatable bonds is 6. The Kier molecular flexibility index (Phi) is 7.04. The molecule has 6 nitrogen and oxygen atoms in total. The molecule has 0 aliphatic rings. The summed E-state index contributed by atoms with van der Waals surface area (Å²) in [6, 6.07) is 4.60. The van der Waals surface area contributed by atoms with Crippen molar-refractivity contribution in [1.29, 1.82) is 0 Å². The largest absolute Gasteiger partial charge is 0.416 e. The first-order valence-electron chi connectivity index (χ1n) is 10.2. The second kappa shape index (κ2) is 9.41. The number of unbranched alkanes of at least 4 members (excludes halogenated alkanes) is 1. The van der Waals surface area contributed by atoms with Gasteiger partial charge in [0.15, 0.2) is 10.6 Å². The van der Waals surface area contributed by atoms with E-state index in [0.717, 1.165) is 41.3 Å². The predicted molar refractivity (Wildman–Crippen MR) is 117 cm³/mol. The minimum atomic E-state index is -4.60. The van der Waals surface area contributed by atoms with E-state index in [4.69, 9.17) is 4.84 Å². The normalized spacial score (nSPS) is 13.0. The number of pyridine rings is 1. The van der Waals surface area contributed by atoms with Gasteiger partial charge in [-0.15, -0.1) is 0 Å². The fourth-order valence-corrected chi connectivity index (χ4v) is 3.87. The highest BCUT2D eigenvalue weighted by molar-refractivity contribution is 7.16. The molecule has 172 valence electrons. The van der Waals surface area contributed by atoms with E-state index in [-0.39, 0.29) is 11.3 Å². The highest BCUT2D eigenvalue weighted by atomic mass is 32.1. The number of amides is 1. The maximum atomic E-state index is 13.3. The number of halogens is 3. The van der Waals surface area contributed by atoms with Gasteiger partial charge in [-0.2, -0.15) is 23.6 Å². The summed E-state index contributed by atoms with van der Waals surface area (Å²) >= 11 is 1.29. The molecule has 2 aromatic heterocycles. The summed E-state index contributed by atoms with van der Waals surface area (Å²) < 4.78 is 42.7. The van der Waals surface area contributed by atoms with Crippen LogP contribution in [0.3, 0.4) is 0 Å². The topological polar surface area (TPSA) is 68.5 Å². The Bertz CT molecular complexity index is 1180. The molecule has 2 heterocycles. The maximum Gasteiger partial charge on any atom is 0.416 e. The molecule has 0 radical (unpaired) electrons. The second-order valence-corrected chi connectivity index (χ2v) is 9.32. The predicted octanol–water partition coefficient (Wildman–Crippen LogP) is 5.34. The average Bonchev–Trinajstić information content (AvgIpc) is 3.06. The standard InChI is InChI=1S/C22H25F3N4O2S/c1-5-6-11-29-16-13-26-10-9-18(16)32-20(29)27-19(30)15-12-14(22(23,24)25)7-8-17(15)31-28-21(2,3)4/h7-10,12-13,28H,5-6,11H2,1-4H3. The first-order chi connectivity index (χ1) is 15.0. The Balaban J connectivity index is 2.10. The fraction of sp³-hybridized carbons (Fsp3) is 0.409. The van der Waals surface area contributed by atoms with Gasteiger partial charge in [0.1, 0.15) is 0 Å². The van der Waals surface area contributed by atoms with Crippen molar-refractivity contribution in [3.05, 3.63) is 52.6 Å². The van der Waals surface area contributed by atoms with E-state index in [0.29, 0.717) is 11.3 Å². The molecule has 0 atom stereocenters. The van der Waals surface area contributed by atoms with Crippen LogP contribution in [0.4, 0.5) is 13.2 Å². The van der Waals surface area contributed by atoms with E-state index in [1.54, 1.807) is 12.4 Å². The summed E-state index contributed by atoms with van der Waals surface area (Å²) in [5.41, 5.74) is 1.86. The minimum absolute atomic E-state index is 0.0236. The molecule has 0 aliphatic heterocycles.